The Morgan fingerprint density at radius 2 is 2.00 bits per heavy atom. The monoisotopic (exact) mass is 453 g/mol. The Labute approximate surface area is 188 Å². The van der Waals surface area contributed by atoms with Gasteiger partial charge in [-0.05, 0) is 49.2 Å². The molecule has 0 aliphatic carbocycles. The van der Waals surface area contributed by atoms with E-state index in [1.807, 2.05) is 53.4 Å². The summed E-state index contributed by atoms with van der Waals surface area (Å²) in [6.45, 7) is 3.98. The molecule has 0 atom stereocenters. The Hall–Kier alpha value is -3.16. The van der Waals surface area contributed by atoms with Crippen LogP contribution in [0.25, 0.3) is 16.8 Å². The number of ether oxygens (including phenoxy) is 1. The summed E-state index contributed by atoms with van der Waals surface area (Å²) in [7, 11) is 0. The minimum atomic E-state index is -0.479. The molecule has 1 aromatic carbocycles. The van der Waals surface area contributed by atoms with E-state index in [-0.39, 0.29) is 18.9 Å². The van der Waals surface area contributed by atoms with Gasteiger partial charge in [-0.3, -0.25) is 4.79 Å². The predicted molar refractivity (Wildman–Crippen MR) is 123 cm³/mol. The number of nitrogens with zero attached hydrogens (tertiary/aromatic N) is 2. The van der Waals surface area contributed by atoms with Gasteiger partial charge in [0.05, 0.1) is 18.7 Å². The topological polar surface area (TPSA) is 72.7 Å². The smallest absolute Gasteiger partial charge is 0.341 e. The first-order valence-electron chi connectivity index (χ1n) is 9.73. The lowest BCUT2D eigenvalue weighted by molar-refractivity contribution is -0.115. The number of amides is 1. The molecule has 158 valence electrons. The average molecular weight is 454 g/mol. The van der Waals surface area contributed by atoms with Gasteiger partial charge in [-0.2, -0.15) is 0 Å². The van der Waals surface area contributed by atoms with Crippen molar-refractivity contribution >= 4 is 45.5 Å². The molecule has 4 rings (SSSR count). The number of pyridine rings is 1. The van der Waals surface area contributed by atoms with Crippen molar-refractivity contribution in [2.45, 2.75) is 20.3 Å². The van der Waals surface area contributed by atoms with Gasteiger partial charge in [-0.1, -0.05) is 23.7 Å². The Kier molecular flexibility index (Phi) is 6.06. The van der Waals surface area contributed by atoms with Crippen molar-refractivity contribution in [1.29, 1.82) is 0 Å². The molecule has 1 amide bonds. The number of carbonyl (C=O) groups excluding carboxylic acids is 2. The third-order valence-electron chi connectivity index (χ3n) is 4.69. The Morgan fingerprint density at radius 3 is 2.74 bits per heavy atom. The van der Waals surface area contributed by atoms with Crippen LogP contribution in [0.5, 0.6) is 0 Å². The van der Waals surface area contributed by atoms with Gasteiger partial charge in [0.2, 0.25) is 5.91 Å². The number of carbonyl (C=O) groups is 2. The first-order valence-corrected chi connectivity index (χ1v) is 11.0. The van der Waals surface area contributed by atoms with Crippen molar-refractivity contribution < 1.29 is 14.3 Å². The molecule has 1 N–H and O–H groups in total. The van der Waals surface area contributed by atoms with E-state index in [2.05, 4.69) is 10.3 Å². The fourth-order valence-electron chi connectivity index (χ4n) is 3.25. The fourth-order valence-corrected chi connectivity index (χ4v) is 4.35. The Balaban J connectivity index is 1.59. The minimum absolute atomic E-state index is 0.0944. The number of nitrogens with one attached hydrogen (secondary N) is 1. The van der Waals surface area contributed by atoms with E-state index in [9.17, 15) is 9.59 Å². The van der Waals surface area contributed by atoms with Gasteiger partial charge in [0.25, 0.3) is 0 Å². The quantitative estimate of drug-likeness (QED) is 0.397. The van der Waals surface area contributed by atoms with Crippen molar-refractivity contribution in [3.63, 3.8) is 0 Å². The number of aryl methyl sites for hydroxylation is 1. The Morgan fingerprint density at radius 1 is 1.23 bits per heavy atom. The summed E-state index contributed by atoms with van der Waals surface area (Å²) in [5.41, 5.74) is 4.39. The number of halogens is 1. The SMILES string of the molecule is CCOC(=O)c1c(-c2ccc(Cl)cc2)csc1NC(=O)Cc1cn2ccc(C)cc2n1. The highest BCUT2D eigenvalue weighted by atomic mass is 35.5. The summed E-state index contributed by atoms with van der Waals surface area (Å²) in [6, 6.07) is 11.1. The molecule has 0 aliphatic heterocycles. The van der Waals surface area contributed by atoms with E-state index in [0.717, 1.165) is 16.8 Å². The van der Waals surface area contributed by atoms with Gasteiger partial charge in [0.15, 0.2) is 0 Å². The van der Waals surface area contributed by atoms with E-state index < -0.39 is 5.97 Å². The number of rotatable bonds is 6. The maximum absolute atomic E-state index is 12.7. The van der Waals surface area contributed by atoms with Gasteiger partial charge in [0, 0.05) is 28.4 Å². The van der Waals surface area contributed by atoms with Crippen LogP contribution in [0.15, 0.2) is 54.2 Å². The van der Waals surface area contributed by atoms with Crippen molar-refractivity contribution in [3.05, 3.63) is 76.0 Å². The van der Waals surface area contributed by atoms with Crippen LogP contribution in [0.1, 0.15) is 28.5 Å². The number of hydrogen-bond donors (Lipinski definition) is 1. The molecule has 4 aromatic rings. The van der Waals surface area contributed by atoms with Crippen LogP contribution >= 0.6 is 22.9 Å². The van der Waals surface area contributed by atoms with Crippen molar-refractivity contribution in [3.8, 4) is 11.1 Å². The normalized spacial score (nSPS) is 10.9. The molecule has 0 unspecified atom stereocenters. The van der Waals surface area contributed by atoms with Crippen molar-refractivity contribution in [2.75, 3.05) is 11.9 Å². The van der Waals surface area contributed by atoms with Crippen LogP contribution in [0, 0.1) is 6.92 Å². The van der Waals surface area contributed by atoms with E-state index in [0.29, 0.717) is 26.8 Å². The molecule has 3 aromatic heterocycles. The van der Waals surface area contributed by atoms with Crippen molar-refractivity contribution in [1.82, 2.24) is 9.38 Å². The van der Waals surface area contributed by atoms with Gasteiger partial charge in [-0.25, -0.2) is 9.78 Å². The molecule has 0 saturated heterocycles. The highest BCUT2D eigenvalue weighted by Crippen LogP contribution is 2.36. The van der Waals surface area contributed by atoms with E-state index in [1.54, 1.807) is 19.1 Å². The number of benzene rings is 1. The van der Waals surface area contributed by atoms with E-state index in [4.69, 9.17) is 16.3 Å². The predicted octanol–water partition coefficient (Wildman–Crippen LogP) is 5.38. The zero-order valence-corrected chi connectivity index (χ0v) is 18.6. The van der Waals surface area contributed by atoms with Crippen LogP contribution in [-0.2, 0) is 16.0 Å². The number of fused-ring (bicyclic) bond motifs is 1. The minimum Gasteiger partial charge on any atom is -0.462 e. The second kappa shape index (κ2) is 8.91. The largest absolute Gasteiger partial charge is 0.462 e. The Bertz CT molecular complexity index is 1260. The number of imidazole rings is 1. The number of thiophene rings is 1. The van der Waals surface area contributed by atoms with E-state index in [1.165, 1.54) is 11.3 Å². The van der Waals surface area contributed by atoms with Crippen LogP contribution in [0.2, 0.25) is 5.02 Å². The molecule has 0 saturated carbocycles. The first-order chi connectivity index (χ1) is 14.9. The summed E-state index contributed by atoms with van der Waals surface area (Å²) < 4.78 is 7.12. The van der Waals surface area contributed by atoms with Crippen molar-refractivity contribution in [2.24, 2.45) is 0 Å². The van der Waals surface area contributed by atoms with Gasteiger partial charge < -0.3 is 14.5 Å². The second-order valence-corrected chi connectivity index (χ2v) is 8.32. The number of anilines is 1. The maximum atomic E-state index is 12.7. The van der Waals surface area contributed by atoms with Gasteiger partial charge in [0.1, 0.15) is 16.2 Å². The van der Waals surface area contributed by atoms with Gasteiger partial charge in [-0.15, -0.1) is 11.3 Å². The summed E-state index contributed by atoms with van der Waals surface area (Å²) in [4.78, 5) is 29.9. The fraction of sp³-hybridized carbons (Fsp3) is 0.174. The van der Waals surface area contributed by atoms with E-state index >= 15 is 0 Å². The average Bonchev–Trinajstić information content (AvgIpc) is 3.31. The lowest BCUT2D eigenvalue weighted by Crippen LogP contribution is -2.16. The maximum Gasteiger partial charge on any atom is 0.341 e. The molecular weight excluding hydrogens is 434 g/mol. The molecule has 0 spiro atoms. The highest BCUT2D eigenvalue weighted by Gasteiger charge is 2.23. The molecule has 0 radical (unpaired) electrons. The number of aromatic nitrogens is 2. The molecule has 0 aliphatic rings. The lowest BCUT2D eigenvalue weighted by Gasteiger charge is -2.08. The summed E-state index contributed by atoms with van der Waals surface area (Å²) in [6.07, 6.45) is 3.83. The van der Waals surface area contributed by atoms with Crippen LogP contribution in [0.4, 0.5) is 5.00 Å². The summed E-state index contributed by atoms with van der Waals surface area (Å²) >= 11 is 7.27. The van der Waals surface area contributed by atoms with Crippen LogP contribution in [-0.4, -0.2) is 27.9 Å². The number of esters is 1. The zero-order valence-electron chi connectivity index (χ0n) is 17.0. The molecule has 8 heteroatoms. The van der Waals surface area contributed by atoms with Gasteiger partial charge >= 0.3 is 5.97 Å². The lowest BCUT2D eigenvalue weighted by atomic mass is 10.0. The first kappa shape index (κ1) is 21.1. The summed E-state index contributed by atoms with van der Waals surface area (Å²) in [5, 5.41) is 5.75. The molecule has 31 heavy (non-hydrogen) atoms. The van der Waals surface area contributed by atoms with Crippen LogP contribution in [0.3, 0.4) is 0 Å². The highest BCUT2D eigenvalue weighted by molar-refractivity contribution is 7.15. The molecular formula is C23H20ClN3O3S. The molecule has 6 nitrogen and oxygen atoms in total. The third kappa shape index (κ3) is 4.62. The number of hydrogen-bond acceptors (Lipinski definition) is 5. The third-order valence-corrected chi connectivity index (χ3v) is 5.83. The second-order valence-electron chi connectivity index (χ2n) is 7.01. The molecule has 0 fully saturated rings. The molecule has 3 heterocycles. The molecule has 0 bridgehead atoms. The summed E-state index contributed by atoms with van der Waals surface area (Å²) in [5.74, 6) is -0.734. The standard InChI is InChI=1S/C23H20ClN3O3S/c1-3-30-23(29)21-18(15-4-6-16(24)7-5-15)13-31-22(21)26-20(28)11-17-12-27-9-8-14(2)10-19(27)25-17/h4-10,12-13H,3,11H2,1-2H3,(H,26,28). The van der Waals surface area contributed by atoms with Crippen LogP contribution < -0.4 is 5.32 Å². The zero-order chi connectivity index (χ0) is 22.0.